The maximum atomic E-state index is 13.6. The second-order valence-corrected chi connectivity index (χ2v) is 10.3. The molecular weight excluding hydrogens is 492 g/mol. The van der Waals surface area contributed by atoms with Crippen LogP contribution in [0.3, 0.4) is 0 Å². The van der Waals surface area contributed by atoms with Crippen molar-refractivity contribution in [2.75, 3.05) is 6.54 Å². The fourth-order valence-corrected chi connectivity index (χ4v) is 5.54. The summed E-state index contributed by atoms with van der Waals surface area (Å²) in [5, 5.41) is 20.2. The molecule has 3 aromatic rings. The summed E-state index contributed by atoms with van der Waals surface area (Å²) in [6.07, 6.45) is 6.47. The molecular formula is C28H31ClN4O4. The number of nitrogens with zero attached hydrogens (tertiary/aromatic N) is 4. The van der Waals surface area contributed by atoms with Crippen molar-refractivity contribution in [1.82, 2.24) is 19.9 Å². The first-order valence-corrected chi connectivity index (χ1v) is 13.2. The monoisotopic (exact) mass is 522 g/mol. The van der Waals surface area contributed by atoms with Crippen molar-refractivity contribution in [1.29, 1.82) is 0 Å². The average Bonchev–Trinajstić information content (AvgIpc) is 3.41. The van der Waals surface area contributed by atoms with Gasteiger partial charge in [-0.05, 0) is 49.1 Å². The molecule has 5 rings (SSSR count). The number of aliphatic hydroxyl groups is 1. The fourth-order valence-electron chi connectivity index (χ4n) is 5.42. The highest BCUT2D eigenvalue weighted by atomic mass is 35.5. The largest absolute Gasteiger partial charge is 0.455 e. The maximum absolute atomic E-state index is 13.6. The topological polar surface area (TPSA) is 97.5 Å². The van der Waals surface area contributed by atoms with Gasteiger partial charge < -0.3 is 14.7 Å². The number of carbonyl (C=O) groups is 2. The van der Waals surface area contributed by atoms with E-state index in [0.29, 0.717) is 22.7 Å². The number of hydrogen-bond acceptors (Lipinski definition) is 6. The molecule has 0 radical (unpaired) electrons. The fraction of sp³-hybridized carbons (Fsp3) is 0.429. The lowest BCUT2D eigenvalue weighted by Crippen LogP contribution is -2.51. The van der Waals surface area contributed by atoms with Crippen molar-refractivity contribution < 1.29 is 19.4 Å². The van der Waals surface area contributed by atoms with Gasteiger partial charge in [0.05, 0.1) is 29.9 Å². The minimum atomic E-state index is -0.808. The van der Waals surface area contributed by atoms with Crippen LogP contribution in [0.1, 0.15) is 72.2 Å². The molecule has 1 aliphatic carbocycles. The van der Waals surface area contributed by atoms with Gasteiger partial charge in [-0.1, -0.05) is 66.4 Å². The Hall–Kier alpha value is -3.23. The molecule has 0 unspecified atom stereocenters. The number of aliphatic hydroxyl groups excluding tert-OH is 1. The van der Waals surface area contributed by atoms with Crippen molar-refractivity contribution in [3.8, 4) is 0 Å². The van der Waals surface area contributed by atoms with Gasteiger partial charge in [-0.15, -0.1) is 5.10 Å². The Morgan fingerprint density at radius 2 is 1.76 bits per heavy atom. The second-order valence-electron chi connectivity index (χ2n) is 9.90. The molecule has 1 aromatic heterocycles. The lowest BCUT2D eigenvalue weighted by molar-refractivity contribution is -0.145. The predicted octanol–water partition coefficient (Wildman–Crippen LogP) is 4.74. The smallest absolute Gasteiger partial charge is 0.338 e. The first-order valence-electron chi connectivity index (χ1n) is 12.9. The SMILES string of the molecule is O=C(OCc1cn([C@H]2C[C@H](c3ccc(Cl)cc3)N(C(=O)C3CCCCC3)C[C@H]2O)nn1)c1ccccc1. The molecule has 1 amide bonds. The summed E-state index contributed by atoms with van der Waals surface area (Å²) in [5.41, 5.74) is 1.92. The van der Waals surface area contributed by atoms with E-state index in [1.165, 1.54) is 6.42 Å². The number of rotatable bonds is 6. The van der Waals surface area contributed by atoms with Crippen molar-refractivity contribution in [2.45, 2.75) is 63.3 Å². The summed E-state index contributed by atoms with van der Waals surface area (Å²) < 4.78 is 7.00. The Kier molecular flexibility index (Phi) is 7.86. The van der Waals surface area contributed by atoms with Crippen LogP contribution < -0.4 is 0 Å². The van der Waals surface area contributed by atoms with Gasteiger partial charge in [0, 0.05) is 17.5 Å². The molecule has 37 heavy (non-hydrogen) atoms. The number of benzene rings is 2. The molecule has 1 saturated heterocycles. The number of amides is 1. The van der Waals surface area contributed by atoms with E-state index < -0.39 is 12.1 Å². The van der Waals surface area contributed by atoms with Crippen LogP contribution in [0.4, 0.5) is 0 Å². The second kappa shape index (κ2) is 11.4. The first kappa shape index (κ1) is 25.4. The number of likely N-dealkylation sites (tertiary alicyclic amines) is 1. The number of esters is 1. The Bertz CT molecular complexity index is 1210. The van der Waals surface area contributed by atoms with Crippen molar-refractivity contribution in [3.63, 3.8) is 0 Å². The zero-order valence-corrected chi connectivity index (χ0v) is 21.3. The normalized spacial score (nSPS) is 22.5. The highest BCUT2D eigenvalue weighted by Crippen LogP contribution is 2.39. The van der Waals surface area contributed by atoms with Crippen LogP contribution >= 0.6 is 11.6 Å². The number of β-amino-alcohol motifs (C(OH)–C–C–N with tert-alkyl or cyclic N) is 1. The molecule has 2 aromatic carbocycles. The third-order valence-electron chi connectivity index (χ3n) is 7.42. The van der Waals surface area contributed by atoms with Crippen molar-refractivity contribution in [2.24, 2.45) is 5.92 Å². The number of hydrogen-bond donors (Lipinski definition) is 1. The quantitative estimate of drug-likeness (QED) is 0.469. The number of piperidine rings is 1. The number of halogens is 1. The van der Waals surface area contributed by atoms with Crippen molar-refractivity contribution in [3.05, 3.63) is 82.6 Å². The number of carbonyl (C=O) groups excluding carboxylic acids is 2. The predicted molar refractivity (Wildman–Crippen MR) is 138 cm³/mol. The van der Waals surface area contributed by atoms with Gasteiger partial charge in [0.2, 0.25) is 5.91 Å². The summed E-state index contributed by atoms with van der Waals surface area (Å²) in [6, 6.07) is 15.7. The molecule has 194 valence electrons. The third-order valence-corrected chi connectivity index (χ3v) is 7.67. The molecule has 3 atom stereocenters. The van der Waals surface area contributed by atoms with E-state index in [-0.39, 0.29) is 37.1 Å². The van der Waals surface area contributed by atoms with E-state index in [4.69, 9.17) is 16.3 Å². The molecule has 2 heterocycles. The zero-order chi connectivity index (χ0) is 25.8. The Morgan fingerprint density at radius 3 is 2.49 bits per heavy atom. The Morgan fingerprint density at radius 1 is 1.03 bits per heavy atom. The number of aromatic nitrogens is 3. The van der Waals surface area contributed by atoms with Crippen LogP contribution in [0.5, 0.6) is 0 Å². The van der Waals surface area contributed by atoms with Crippen LogP contribution in [0.2, 0.25) is 5.02 Å². The summed E-state index contributed by atoms with van der Waals surface area (Å²) >= 11 is 6.13. The zero-order valence-electron chi connectivity index (χ0n) is 20.6. The third kappa shape index (κ3) is 5.86. The molecule has 2 aliphatic rings. The first-order chi connectivity index (χ1) is 18.0. The van der Waals surface area contributed by atoms with Crippen LogP contribution in [0.25, 0.3) is 0 Å². The van der Waals surface area contributed by atoms with E-state index in [2.05, 4.69) is 10.3 Å². The average molecular weight is 523 g/mol. The van der Waals surface area contributed by atoms with Crippen LogP contribution in [-0.2, 0) is 16.1 Å². The lowest BCUT2D eigenvalue weighted by atomic mass is 9.85. The van der Waals surface area contributed by atoms with Gasteiger partial charge in [0.1, 0.15) is 12.3 Å². The van der Waals surface area contributed by atoms with Gasteiger partial charge in [-0.25, -0.2) is 9.48 Å². The molecule has 1 N–H and O–H groups in total. The molecule has 0 bridgehead atoms. The Labute approximate surface area is 221 Å². The standard InChI is InChI=1S/C28H31ClN4O4/c29-22-13-11-19(12-14-22)24-15-25(26(34)17-32(24)27(35)20-7-3-1-4-8-20)33-16-23(30-31-33)18-37-28(36)21-9-5-2-6-10-21/h2,5-6,9-14,16,20,24-26,34H,1,3-4,7-8,15,17-18H2/t24-,25+,26-/m1/s1. The van der Waals surface area contributed by atoms with E-state index in [1.807, 2.05) is 35.2 Å². The molecule has 9 heteroatoms. The van der Waals surface area contributed by atoms with Crippen molar-refractivity contribution >= 4 is 23.5 Å². The van der Waals surface area contributed by atoms with Crippen LogP contribution in [0, 0.1) is 5.92 Å². The van der Waals surface area contributed by atoms with Gasteiger partial charge >= 0.3 is 5.97 Å². The summed E-state index contributed by atoms with van der Waals surface area (Å²) in [5.74, 6) is -0.318. The van der Waals surface area contributed by atoms with E-state index >= 15 is 0 Å². The van der Waals surface area contributed by atoms with E-state index in [1.54, 1.807) is 35.1 Å². The minimum Gasteiger partial charge on any atom is -0.455 e. The van der Waals surface area contributed by atoms with Gasteiger partial charge in [-0.3, -0.25) is 4.79 Å². The Balaban J connectivity index is 1.32. The summed E-state index contributed by atoms with van der Waals surface area (Å²) in [7, 11) is 0. The lowest BCUT2D eigenvalue weighted by Gasteiger charge is -2.44. The minimum absolute atomic E-state index is 0.00423. The molecule has 1 saturated carbocycles. The molecule has 0 spiro atoms. The summed E-state index contributed by atoms with van der Waals surface area (Å²) in [4.78, 5) is 27.7. The van der Waals surface area contributed by atoms with Gasteiger partial charge in [-0.2, -0.15) is 0 Å². The summed E-state index contributed by atoms with van der Waals surface area (Å²) in [6.45, 7) is 0.189. The van der Waals surface area contributed by atoms with Crippen LogP contribution in [-0.4, -0.2) is 49.5 Å². The van der Waals surface area contributed by atoms with Crippen LogP contribution in [0.15, 0.2) is 60.8 Å². The number of ether oxygens (including phenoxy) is 1. The molecule has 1 aliphatic heterocycles. The highest BCUT2D eigenvalue weighted by molar-refractivity contribution is 6.30. The highest BCUT2D eigenvalue weighted by Gasteiger charge is 2.41. The van der Waals surface area contributed by atoms with Gasteiger partial charge in [0.15, 0.2) is 0 Å². The maximum Gasteiger partial charge on any atom is 0.338 e. The van der Waals surface area contributed by atoms with E-state index in [0.717, 1.165) is 31.2 Å². The molecule has 2 fully saturated rings. The van der Waals surface area contributed by atoms with Gasteiger partial charge in [0.25, 0.3) is 0 Å². The molecule has 8 nitrogen and oxygen atoms in total. The van der Waals surface area contributed by atoms with E-state index in [9.17, 15) is 14.7 Å².